The largest absolute Gasteiger partial charge is 0.474 e. The van der Waals surface area contributed by atoms with Crippen molar-refractivity contribution in [1.82, 2.24) is 19.7 Å². The molecule has 1 aliphatic carbocycles. The Kier molecular flexibility index (Phi) is 9.21. The second-order valence-corrected chi connectivity index (χ2v) is 8.31. The summed E-state index contributed by atoms with van der Waals surface area (Å²) in [6.07, 6.45) is 9.09. The predicted octanol–water partition coefficient (Wildman–Crippen LogP) is 4.95. The highest BCUT2D eigenvalue weighted by atomic mass is 16.5. The van der Waals surface area contributed by atoms with Crippen LogP contribution in [0.4, 0.5) is 5.69 Å². The Labute approximate surface area is 201 Å². The van der Waals surface area contributed by atoms with Crippen LogP contribution in [0.5, 0.6) is 5.88 Å². The molecular formula is C25H37N5O4. The van der Waals surface area contributed by atoms with Crippen LogP contribution in [-0.2, 0) is 4.74 Å². The Hall–Kier alpha value is -3.20. The third kappa shape index (κ3) is 6.66. The summed E-state index contributed by atoms with van der Waals surface area (Å²) in [6, 6.07) is 5.26. The zero-order chi connectivity index (χ0) is 24.5. The summed E-state index contributed by atoms with van der Waals surface area (Å²) in [6.45, 7) is 9.71. The molecule has 186 valence electrons. The SMILES string of the molecule is C1CCOCC1.CC.CC(C)Oc1nc2[nH]ncc2cc1C(=O)Nc1cccn(C2CC2)c1=O.[HH]. The number of aromatic nitrogens is 4. The maximum Gasteiger partial charge on any atom is 0.274 e. The minimum absolute atomic E-state index is 0. The lowest BCUT2D eigenvalue weighted by molar-refractivity contribution is 0.0968. The smallest absolute Gasteiger partial charge is 0.274 e. The fourth-order valence-electron chi connectivity index (χ4n) is 3.46. The van der Waals surface area contributed by atoms with Crippen molar-refractivity contribution < 1.29 is 15.7 Å². The summed E-state index contributed by atoms with van der Waals surface area (Å²) in [5, 5.41) is 10.1. The molecule has 9 heteroatoms. The number of carbonyl (C=O) groups excluding carboxylic acids is 1. The van der Waals surface area contributed by atoms with Gasteiger partial charge in [0, 0.05) is 32.3 Å². The van der Waals surface area contributed by atoms with Gasteiger partial charge in [-0.3, -0.25) is 14.7 Å². The number of rotatable bonds is 5. The van der Waals surface area contributed by atoms with Gasteiger partial charge in [0.1, 0.15) is 11.3 Å². The normalized spacial score (nSPS) is 15.1. The highest BCUT2D eigenvalue weighted by molar-refractivity contribution is 6.07. The summed E-state index contributed by atoms with van der Waals surface area (Å²) >= 11 is 0. The zero-order valence-corrected chi connectivity index (χ0v) is 20.5. The molecule has 3 aromatic heterocycles. The summed E-state index contributed by atoms with van der Waals surface area (Å²) in [5.74, 6) is -0.241. The van der Waals surface area contributed by atoms with E-state index in [0.717, 1.165) is 26.1 Å². The molecule has 4 heterocycles. The van der Waals surface area contributed by atoms with Crippen LogP contribution in [0.3, 0.4) is 0 Å². The number of hydrogen-bond donors (Lipinski definition) is 2. The lowest BCUT2D eigenvalue weighted by Gasteiger charge is -2.13. The predicted molar refractivity (Wildman–Crippen MR) is 135 cm³/mol. The molecule has 1 saturated carbocycles. The number of nitrogens with zero attached hydrogens (tertiary/aromatic N) is 3. The Bertz CT molecular complexity index is 1120. The van der Waals surface area contributed by atoms with Gasteiger partial charge >= 0.3 is 0 Å². The molecule has 2 aliphatic rings. The number of hydrogen-bond acceptors (Lipinski definition) is 6. The van der Waals surface area contributed by atoms with E-state index >= 15 is 0 Å². The highest BCUT2D eigenvalue weighted by Crippen LogP contribution is 2.33. The van der Waals surface area contributed by atoms with Gasteiger partial charge < -0.3 is 19.4 Å². The summed E-state index contributed by atoms with van der Waals surface area (Å²) < 4.78 is 12.4. The quantitative estimate of drug-likeness (QED) is 0.544. The molecule has 2 fully saturated rings. The van der Waals surface area contributed by atoms with Crippen molar-refractivity contribution in [3.8, 4) is 5.88 Å². The van der Waals surface area contributed by atoms with Gasteiger partial charge in [-0.25, -0.2) is 0 Å². The van der Waals surface area contributed by atoms with Crippen molar-refractivity contribution in [2.75, 3.05) is 18.5 Å². The number of carbonyl (C=O) groups is 1. The first-order valence-corrected chi connectivity index (χ1v) is 12.1. The average molecular weight is 472 g/mol. The maximum absolute atomic E-state index is 12.8. The van der Waals surface area contributed by atoms with E-state index in [4.69, 9.17) is 9.47 Å². The number of nitrogens with one attached hydrogen (secondary N) is 2. The van der Waals surface area contributed by atoms with E-state index < -0.39 is 5.91 Å². The molecule has 0 aromatic carbocycles. The van der Waals surface area contributed by atoms with Gasteiger partial charge in [-0.1, -0.05) is 13.8 Å². The van der Waals surface area contributed by atoms with Crippen LogP contribution < -0.4 is 15.6 Å². The van der Waals surface area contributed by atoms with Crippen LogP contribution in [0.1, 0.15) is 77.6 Å². The van der Waals surface area contributed by atoms with Crippen LogP contribution in [0.15, 0.2) is 35.4 Å². The number of anilines is 1. The first kappa shape index (κ1) is 25.4. The highest BCUT2D eigenvalue weighted by Gasteiger charge is 2.25. The van der Waals surface area contributed by atoms with Crippen molar-refractivity contribution in [1.29, 1.82) is 0 Å². The number of H-pyrrole nitrogens is 1. The van der Waals surface area contributed by atoms with Gasteiger partial charge in [-0.15, -0.1) is 0 Å². The van der Waals surface area contributed by atoms with Crippen LogP contribution in [0, 0.1) is 0 Å². The van der Waals surface area contributed by atoms with Crippen molar-refractivity contribution in [3.63, 3.8) is 0 Å². The number of amides is 1. The number of fused-ring (bicyclic) bond motifs is 1. The lowest BCUT2D eigenvalue weighted by atomic mass is 10.2. The van der Waals surface area contributed by atoms with Gasteiger partial charge in [-0.05, 0) is 64.2 Å². The second kappa shape index (κ2) is 12.3. The van der Waals surface area contributed by atoms with Gasteiger partial charge in [0.15, 0.2) is 5.65 Å². The molecule has 9 nitrogen and oxygen atoms in total. The van der Waals surface area contributed by atoms with E-state index in [1.54, 1.807) is 35.2 Å². The van der Waals surface area contributed by atoms with Crippen molar-refractivity contribution in [3.05, 3.63) is 46.5 Å². The summed E-state index contributed by atoms with van der Waals surface area (Å²) in [4.78, 5) is 29.7. The van der Waals surface area contributed by atoms with E-state index in [1.165, 1.54) is 19.3 Å². The molecule has 5 rings (SSSR count). The maximum atomic E-state index is 12.8. The molecule has 0 atom stereocenters. The van der Waals surface area contributed by atoms with Gasteiger partial charge in [0.05, 0.1) is 12.3 Å². The topological polar surface area (TPSA) is 111 Å². The molecule has 0 radical (unpaired) electrons. The number of ether oxygens (including phenoxy) is 2. The van der Waals surface area contributed by atoms with Crippen LogP contribution in [0.2, 0.25) is 0 Å². The third-order valence-corrected chi connectivity index (χ3v) is 5.22. The molecule has 2 N–H and O–H groups in total. The molecule has 3 aromatic rings. The van der Waals surface area contributed by atoms with Gasteiger partial charge in [0.25, 0.3) is 11.5 Å². The van der Waals surface area contributed by atoms with Gasteiger partial charge in [0.2, 0.25) is 5.88 Å². The fraction of sp³-hybridized carbons (Fsp3) is 0.520. The van der Waals surface area contributed by atoms with Crippen molar-refractivity contribution in [2.45, 2.75) is 71.9 Å². The third-order valence-electron chi connectivity index (χ3n) is 5.22. The van der Waals surface area contributed by atoms with E-state index in [-0.39, 0.29) is 36.3 Å². The molecule has 0 bridgehead atoms. The Morgan fingerprint density at radius 3 is 2.59 bits per heavy atom. The van der Waals surface area contributed by atoms with E-state index in [2.05, 4.69) is 20.5 Å². The molecule has 34 heavy (non-hydrogen) atoms. The molecular weight excluding hydrogens is 434 g/mol. The standard InChI is InChI=1S/C18H19N5O3.C5H10O.C2H6.H2/c1-10(2)26-17-13(8-11-9-19-22-15(11)21-17)16(24)20-14-4-3-7-23(18(14)25)12-5-6-12;1-2-4-6-5-3-1;1-2;/h3-4,7-10,12H,5-6H2,1-2H3,(H,20,24)(H,19,21,22);1-5H2;1-2H3;1H. The van der Waals surface area contributed by atoms with Crippen molar-refractivity contribution >= 4 is 22.6 Å². The Balaban J connectivity index is 0.000000415. The number of pyridine rings is 2. The molecule has 0 spiro atoms. The molecule has 0 unspecified atom stereocenters. The molecule has 1 amide bonds. The second-order valence-electron chi connectivity index (χ2n) is 8.31. The van der Waals surface area contributed by atoms with Crippen LogP contribution >= 0.6 is 0 Å². The summed E-state index contributed by atoms with van der Waals surface area (Å²) in [5.41, 5.74) is 0.834. The molecule has 1 aliphatic heterocycles. The van der Waals surface area contributed by atoms with Crippen LogP contribution in [-0.4, -0.2) is 45.0 Å². The number of aromatic amines is 1. The van der Waals surface area contributed by atoms with Crippen molar-refractivity contribution in [2.24, 2.45) is 0 Å². The Morgan fingerprint density at radius 2 is 2.00 bits per heavy atom. The van der Waals surface area contributed by atoms with E-state index in [9.17, 15) is 9.59 Å². The first-order chi connectivity index (χ1) is 16.5. The minimum Gasteiger partial charge on any atom is -0.474 e. The minimum atomic E-state index is -0.443. The fourth-order valence-corrected chi connectivity index (χ4v) is 3.46. The summed E-state index contributed by atoms with van der Waals surface area (Å²) in [7, 11) is 0. The van der Waals surface area contributed by atoms with Crippen LogP contribution in [0.25, 0.3) is 11.0 Å². The Morgan fingerprint density at radius 1 is 1.26 bits per heavy atom. The monoisotopic (exact) mass is 471 g/mol. The molecule has 1 saturated heterocycles. The van der Waals surface area contributed by atoms with Gasteiger partial charge in [-0.2, -0.15) is 10.1 Å². The first-order valence-electron chi connectivity index (χ1n) is 12.1. The van der Waals surface area contributed by atoms with E-state index in [1.807, 2.05) is 27.7 Å². The zero-order valence-electron chi connectivity index (χ0n) is 20.5. The lowest BCUT2D eigenvalue weighted by Crippen LogP contribution is -2.25. The van der Waals surface area contributed by atoms with E-state index in [0.29, 0.717) is 11.0 Å². The average Bonchev–Trinajstić information content (AvgIpc) is 3.60.